The van der Waals surface area contributed by atoms with E-state index < -0.39 is 21.7 Å². The maximum Gasteiger partial charge on any atom is 0.256 e. The Bertz CT molecular complexity index is 635. The van der Waals surface area contributed by atoms with Crippen LogP contribution in [-0.2, 0) is 10.0 Å². The first-order chi connectivity index (χ1) is 11.2. The van der Waals surface area contributed by atoms with Gasteiger partial charge in [0, 0.05) is 0 Å². The van der Waals surface area contributed by atoms with Gasteiger partial charge in [-0.25, -0.2) is 8.42 Å². The molecule has 1 N–H and O–H groups in total. The fraction of sp³-hybridized carbons (Fsp3) is 0.444. The van der Waals surface area contributed by atoms with Crippen molar-refractivity contribution in [2.75, 3.05) is 0 Å². The molecule has 4 nitrogen and oxygen atoms in total. The molecule has 0 aliphatic carbocycles. The highest BCUT2D eigenvalue weighted by Crippen LogP contribution is 2.36. The molecule has 0 saturated heterocycles. The van der Waals surface area contributed by atoms with Crippen LogP contribution in [0.2, 0.25) is 0 Å². The average Bonchev–Trinajstić information content (AvgIpc) is 2.55. The smallest absolute Gasteiger partial charge is 0.256 e. The normalized spacial score (nSPS) is 15.0. The van der Waals surface area contributed by atoms with Crippen LogP contribution < -0.4 is 0 Å². The Kier molecular flexibility index (Phi) is 7.67. The van der Waals surface area contributed by atoms with Crippen molar-refractivity contribution >= 4 is 21.8 Å². The third-order valence-electron chi connectivity index (χ3n) is 4.22. The van der Waals surface area contributed by atoms with E-state index in [0.29, 0.717) is 6.42 Å². The van der Waals surface area contributed by atoms with Gasteiger partial charge in [-0.05, 0) is 42.7 Å². The predicted octanol–water partition coefficient (Wildman–Crippen LogP) is 4.13. The van der Waals surface area contributed by atoms with Crippen molar-refractivity contribution in [1.29, 1.82) is 0 Å². The molecule has 1 aromatic carbocycles. The molecule has 0 aromatic heterocycles. The molecule has 0 bridgehead atoms. The van der Waals surface area contributed by atoms with Crippen molar-refractivity contribution in [3.8, 4) is 0 Å². The first kappa shape index (κ1) is 20.9. The minimum atomic E-state index is -3.94. The summed E-state index contributed by atoms with van der Waals surface area (Å²) in [7, 11) is -3.94. The van der Waals surface area contributed by atoms with Gasteiger partial charge >= 0.3 is 0 Å². The van der Waals surface area contributed by atoms with E-state index in [-0.39, 0.29) is 23.7 Å². The number of halogens is 1. The summed E-state index contributed by atoms with van der Waals surface area (Å²) in [6, 6.07) is 7.16. The lowest BCUT2D eigenvalue weighted by Gasteiger charge is -2.41. The first-order valence-electron chi connectivity index (χ1n) is 7.94. The van der Waals surface area contributed by atoms with Crippen LogP contribution in [0.4, 0.5) is 0 Å². The monoisotopic (exact) mass is 371 g/mol. The molecule has 24 heavy (non-hydrogen) atoms. The zero-order chi connectivity index (χ0) is 18.4. The molecule has 0 spiro atoms. The predicted molar refractivity (Wildman–Crippen MR) is 99.1 cm³/mol. The third-order valence-corrected chi connectivity index (χ3v) is 6.53. The molecular weight excluding hydrogens is 346 g/mol. The lowest BCUT2D eigenvalue weighted by molar-refractivity contribution is -0.0232. The van der Waals surface area contributed by atoms with Gasteiger partial charge in [-0.2, -0.15) is 0 Å². The van der Waals surface area contributed by atoms with Crippen molar-refractivity contribution in [1.82, 2.24) is 3.82 Å². The van der Waals surface area contributed by atoms with Crippen molar-refractivity contribution in [2.45, 2.75) is 49.6 Å². The summed E-state index contributed by atoms with van der Waals surface area (Å²) in [5.41, 5.74) is -1.37. The lowest BCUT2D eigenvalue weighted by atomic mass is 9.80. The van der Waals surface area contributed by atoms with Gasteiger partial charge in [0.25, 0.3) is 10.0 Å². The fourth-order valence-corrected chi connectivity index (χ4v) is 4.83. The molecule has 0 saturated carbocycles. The van der Waals surface area contributed by atoms with Crippen molar-refractivity contribution in [3.63, 3.8) is 0 Å². The van der Waals surface area contributed by atoms with E-state index in [1.165, 1.54) is 12.1 Å². The van der Waals surface area contributed by atoms with Crippen molar-refractivity contribution in [3.05, 3.63) is 55.6 Å². The van der Waals surface area contributed by atoms with Gasteiger partial charge in [0.1, 0.15) is 0 Å². The first-order valence-corrected chi connectivity index (χ1v) is 9.71. The quantitative estimate of drug-likeness (QED) is 0.497. The molecular formula is C18H26ClNO3S. The fourth-order valence-electron chi connectivity index (χ4n) is 2.81. The number of rotatable bonds is 10. The largest absolute Gasteiger partial charge is 0.388 e. The summed E-state index contributed by atoms with van der Waals surface area (Å²) in [5.74, 6) is -0.161. The van der Waals surface area contributed by atoms with E-state index >= 15 is 0 Å². The minimum Gasteiger partial charge on any atom is -0.388 e. The number of sulfonamides is 1. The van der Waals surface area contributed by atoms with E-state index in [1.807, 2.05) is 13.8 Å². The van der Waals surface area contributed by atoms with Crippen LogP contribution in [0.25, 0.3) is 0 Å². The van der Waals surface area contributed by atoms with E-state index in [1.54, 1.807) is 30.4 Å². The summed E-state index contributed by atoms with van der Waals surface area (Å²) in [6.45, 7) is 11.1. The van der Waals surface area contributed by atoms with Crippen LogP contribution in [0.1, 0.15) is 33.1 Å². The Morgan fingerprint density at radius 2 is 1.75 bits per heavy atom. The number of benzene rings is 1. The summed E-state index contributed by atoms with van der Waals surface area (Å²) in [5, 5.41) is 11.1. The Labute approximate surface area is 150 Å². The number of hydrogen-bond donors (Lipinski definition) is 1. The Morgan fingerprint density at radius 1 is 1.25 bits per heavy atom. The molecule has 134 valence electrons. The van der Waals surface area contributed by atoms with E-state index in [0.717, 1.165) is 3.82 Å². The van der Waals surface area contributed by atoms with Crippen LogP contribution in [0.3, 0.4) is 0 Å². The van der Waals surface area contributed by atoms with Gasteiger partial charge in [-0.1, -0.05) is 50.6 Å². The zero-order valence-corrected chi connectivity index (χ0v) is 15.8. The highest BCUT2D eigenvalue weighted by atomic mass is 35.5. The summed E-state index contributed by atoms with van der Waals surface area (Å²) < 4.78 is 26.5. The van der Waals surface area contributed by atoms with Crippen LogP contribution in [0.5, 0.6) is 0 Å². The van der Waals surface area contributed by atoms with Gasteiger partial charge < -0.3 is 5.11 Å². The zero-order valence-electron chi connectivity index (χ0n) is 14.2. The molecule has 0 radical (unpaired) electrons. The van der Waals surface area contributed by atoms with Crippen LogP contribution in [0.15, 0.2) is 60.5 Å². The lowest BCUT2D eigenvalue weighted by Crippen LogP contribution is -2.54. The molecule has 6 heteroatoms. The Balaban J connectivity index is 3.39. The van der Waals surface area contributed by atoms with Gasteiger partial charge in [0.15, 0.2) is 0 Å². The van der Waals surface area contributed by atoms with Crippen molar-refractivity contribution < 1.29 is 13.5 Å². The number of nitrogens with zero attached hydrogens (tertiary/aromatic N) is 1. The number of aliphatic hydroxyl groups is 1. The second-order valence-electron chi connectivity index (χ2n) is 5.98. The highest BCUT2D eigenvalue weighted by molar-refractivity contribution is 7.90. The maximum absolute atomic E-state index is 12.9. The summed E-state index contributed by atoms with van der Waals surface area (Å²) >= 11 is 6.32. The van der Waals surface area contributed by atoms with Gasteiger partial charge in [-0.15, -0.1) is 17.0 Å². The highest BCUT2D eigenvalue weighted by Gasteiger charge is 2.45. The molecule has 0 heterocycles. The van der Waals surface area contributed by atoms with Crippen molar-refractivity contribution in [2.24, 2.45) is 5.92 Å². The Morgan fingerprint density at radius 3 is 2.17 bits per heavy atom. The molecule has 0 amide bonds. The van der Waals surface area contributed by atoms with E-state index in [2.05, 4.69) is 13.2 Å². The van der Waals surface area contributed by atoms with Gasteiger partial charge in [0.2, 0.25) is 0 Å². The molecule has 0 fully saturated rings. The second kappa shape index (κ2) is 8.81. The topological polar surface area (TPSA) is 57.6 Å². The second-order valence-corrected chi connectivity index (χ2v) is 8.36. The van der Waals surface area contributed by atoms with E-state index in [9.17, 15) is 13.5 Å². The summed E-state index contributed by atoms with van der Waals surface area (Å²) in [4.78, 5) is 0.0906. The van der Waals surface area contributed by atoms with Crippen LogP contribution in [-0.4, -0.2) is 29.0 Å². The van der Waals surface area contributed by atoms with Gasteiger partial charge in [-0.3, -0.25) is 0 Å². The molecule has 2 atom stereocenters. The minimum absolute atomic E-state index is 0.0906. The average molecular weight is 372 g/mol. The maximum atomic E-state index is 12.9. The van der Waals surface area contributed by atoms with Gasteiger partial charge in [0.05, 0.1) is 16.5 Å². The Hall–Kier alpha value is -1.14. The third kappa shape index (κ3) is 4.48. The molecule has 0 unspecified atom stereocenters. The molecule has 1 aromatic rings. The molecule has 0 aliphatic heterocycles. The van der Waals surface area contributed by atoms with Crippen LogP contribution in [0, 0.1) is 5.92 Å². The summed E-state index contributed by atoms with van der Waals surface area (Å²) in [6.07, 6.45) is 4.22. The number of hydrogen-bond acceptors (Lipinski definition) is 3. The standard InChI is InChI=1S/C18H26ClNO3S/c1-5-13-18(21,14-6-2)17(15(4)7-3)20(19)24(22,23)16-11-9-8-10-12-16/h5-6,8-12,15,17,21H,1-2,7,13-14H2,3-4H3/t15-,17-/m0/s1. The van der Waals surface area contributed by atoms with Crippen LogP contribution >= 0.6 is 11.8 Å². The van der Waals surface area contributed by atoms with E-state index in [4.69, 9.17) is 11.8 Å². The molecule has 1 rings (SSSR count). The SMILES string of the molecule is C=CCC(O)(CC=C)[C@H]([C@@H](C)CC)N(Cl)S(=O)(=O)c1ccccc1. The molecule has 0 aliphatic rings.